The molecular formula is C18H17NO3. The first-order valence-electron chi connectivity index (χ1n) is 7.78. The van der Waals surface area contributed by atoms with Gasteiger partial charge in [-0.2, -0.15) is 0 Å². The normalized spacial score (nSPS) is 43.9. The van der Waals surface area contributed by atoms with Crippen LogP contribution in [0.15, 0.2) is 35.6 Å². The molecule has 1 saturated carbocycles. The molecule has 2 aliphatic heterocycles. The summed E-state index contributed by atoms with van der Waals surface area (Å²) < 4.78 is 17.6. The topological polar surface area (TPSA) is 30.7 Å². The predicted molar refractivity (Wildman–Crippen MR) is 80.1 cm³/mol. The number of hydrogen-bond acceptors (Lipinski definition) is 4. The summed E-state index contributed by atoms with van der Waals surface area (Å²) in [5.74, 6) is 2.69. The second kappa shape index (κ2) is 3.06. The lowest BCUT2D eigenvalue weighted by Gasteiger charge is -2.35. The molecular weight excluding hydrogens is 278 g/mol. The summed E-state index contributed by atoms with van der Waals surface area (Å²) in [7, 11) is 5.68. The molecule has 0 amide bonds. The number of likely N-dealkylation sites (N-methyl/N-ethyl adjacent to an activating group) is 1. The third-order valence-corrected chi connectivity index (χ3v) is 6.62. The van der Waals surface area contributed by atoms with Crippen molar-refractivity contribution in [2.75, 3.05) is 21.3 Å². The van der Waals surface area contributed by atoms with E-state index in [1.807, 2.05) is 0 Å². The molecule has 112 valence electrons. The molecule has 3 aliphatic carbocycles. The van der Waals surface area contributed by atoms with E-state index in [1.165, 1.54) is 16.7 Å². The Morgan fingerprint density at radius 1 is 1.23 bits per heavy atom. The van der Waals surface area contributed by atoms with E-state index in [4.69, 9.17) is 14.2 Å². The highest BCUT2D eigenvalue weighted by atomic mass is 16.6. The van der Waals surface area contributed by atoms with Crippen LogP contribution in [0.25, 0.3) is 0 Å². The smallest absolute Gasteiger partial charge is 0.169 e. The van der Waals surface area contributed by atoms with Crippen molar-refractivity contribution in [2.24, 2.45) is 0 Å². The van der Waals surface area contributed by atoms with Crippen LogP contribution in [-0.4, -0.2) is 38.3 Å². The van der Waals surface area contributed by atoms with Gasteiger partial charge < -0.3 is 14.2 Å². The average molecular weight is 295 g/mol. The highest BCUT2D eigenvalue weighted by Crippen LogP contribution is 2.79. The number of rotatable bonds is 2. The standard InChI is InChI=1S/C18H17NO3/c1-19-15-10-5-7-12(21-3)16-17(10)8-18(15,19)9-4-6-11(20-2)14(22-16)13(9)17/h4-7,15-16H,8H2,1-3H3/t15-,16-,17-,18?,19?/m0/s1. The second-order valence-corrected chi connectivity index (χ2v) is 7.00. The van der Waals surface area contributed by atoms with Crippen LogP contribution in [0.1, 0.15) is 17.5 Å². The van der Waals surface area contributed by atoms with Gasteiger partial charge in [0.2, 0.25) is 0 Å². The summed E-state index contributed by atoms with van der Waals surface area (Å²) in [6.45, 7) is 0. The number of nitrogens with zero attached hydrogens (tertiary/aromatic N) is 1. The van der Waals surface area contributed by atoms with Gasteiger partial charge in [0.25, 0.3) is 0 Å². The maximum Gasteiger partial charge on any atom is 0.169 e. The largest absolute Gasteiger partial charge is 0.497 e. The fourth-order valence-corrected chi connectivity index (χ4v) is 5.81. The van der Waals surface area contributed by atoms with Crippen LogP contribution in [-0.2, 0) is 15.7 Å². The average Bonchev–Trinajstić information content (AvgIpc) is 2.87. The molecule has 5 atom stereocenters. The first-order valence-corrected chi connectivity index (χ1v) is 7.78. The lowest BCUT2D eigenvalue weighted by Crippen LogP contribution is -2.42. The zero-order chi connectivity index (χ0) is 14.9. The summed E-state index contributed by atoms with van der Waals surface area (Å²) in [6, 6.07) is 4.83. The summed E-state index contributed by atoms with van der Waals surface area (Å²) >= 11 is 0. The molecule has 1 aromatic carbocycles. The molecule has 22 heavy (non-hydrogen) atoms. The third kappa shape index (κ3) is 0.820. The Morgan fingerprint density at radius 2 is 2.09 bits per heavy atom. The number of piperidine rings is 1. The van der Waals surface area contributed by atoms with Gasteiger partial charge in [0.15, 0.2) is 17.6 Å². The summed E-state index contributed by atoms with van der Waals surface area (Å²) in [6.07, 6.45) is 5.42. The maximum atomic E-state index is 6.39. The van der Waals surface area contributed by atoms with Gasteiger partial charge in [-0.25, -0.2) is 0 Å². The Bertz CT molecular complexity index is 826. The molecule has 2 heterocycles. The first kappa shape index (κ1) is 11.6. The molecule has 4 heteroatoms. The molecule has 2 fully saturated rings. The number of hydrogen-bond donors (Lipinski definition) is 0. The van der Waals surface area contributed by atoms with Crippen molar-refractivity contribution >= 4 is 0 Å². The van der Waals surface area contributed by atoms with Gasteiger partial charge in [0.1, 0.15) is 5.76 Å². The Hall–Kier alpha value is -1.94. The van der Waals surface area contributed by atoms with Crippen LogP contribution >= 0.6 is 0 Å². The fourth-order valence-electron chi connectivity index (χ4n) is 5.81. The van der Waals surface area contributed by atoms with Gasteiger partial charge in [-0.3, -0.25) is 4.90 Å². The molecule has 0 aromatic heterocycles. The van der Waals surface area contributed by atoms with E-state index in [2.05, 4.69) is 36.2 Å². The minimum atomic E-state index is -0.0388. The lowest BCUT2D eigenvalue weighted by molar-refractivity contribution is 0.111. The van der Waals surface area contributed by atoms with E-state index < -0.39 is 0 Å². The van der Waals surface area contributed by atoms with Crippen molar-refractivity contribution in [3.8, 4) is 11.5 Å². The number of ether oxygens (including phenoxy) is 3. The molecule has 2 unspecified atom stereocenters. The second-order valence-electron chi connectivity index (χ2n) is 7.00. The van der Waals surface area contributed by atoms with Crippen LogP contribution in [0.4, 0.5) is 0 Å². The van der Waals surface area contributed by atoms with E-state index in [-0.39, 0.29) is 17.1 Å². The van der Waals surface area contributed by atoms with E-state index in [9.17, 15) is 0 Å². The SMILES string of the molecule is COC1=CC=C2[C@@H]3N(C)C34C[C@@]23c2c4ccc(OC)c2O[C@@H]13. The van der Waals surface area contributed by atoms with E-state index in [0.717, 1.165) is 23.7 Å². The molecule has 2 spiro atoms. The number of methoxy groups -OCH3 is 2. The van der Waals surface area contributed by atoms with Crippen molar-refractivity contribution in [1.82, 2.24) is 4.90 Å². The maximum absolute atomic E-state index is 6.39. The first-order chi connectivity index (χ1) is 10.7. The van der Waals surface area contributed by atoms with Crippen LogP contribution in [0.3, 0.4) is 0 Å². The van der Waals surface area contributed by atoms with Gasteiger partial charge >= 0.3 is 0 Å². The van der Waals surface area contributed by atoms with Crippen molar-refractivity contribution < 1.29 is 14.2 Å². The number of allylic oxidation sites excluding steroid dienone is 2. The van der Waals surface area contributed by atoms with Gasteiger partial charge in [-0.1, -0.05) is 12.1 Å². The molecule has 0 N–H and O–H groups in total. The minimum absolute atomic E-state index is 0.0313. The molecule has 0 radical (unpaired) electrons. The molecule has 5 aliphatic rings. The molecule has 4 nitrogen and oxygen atoms in total. The Balaban J connectivity index is 1.73. The van der Waals surface area contributed by atoms with Crippen molar-refractivity contribution in [3.05, 3.63) is 46.7 Å². The third-order valence-electron chi connectivity index (χ3n) is 6.62. The number of benzene rings is 1. The van der Waals surface area contributed by atoms with E-state index in [0.29, 0.717) is 6.04 Å². The molecule has 6 rings (SSSR count). The summed E-state index contributed by atoms with van der Waals surface area (Å²) in [5.41, 5.74) is 4.44. The highest BCUT2D eigenvalue weighted by molar-refractivity contribution is 5.76. The van der Waals surface area contributed by atoms with Gasteiger partial charge in [0.05, 0.1) is 31.2 Å². The van der Waals surface area contributed by atoms with E-state index in [1.54, 1.807) is 14.2 Å². The van der Waals surface area contributed by atoms with Crippen LogP contribution in [0, 0.1) is 0 Å². The zero-order valence-electron chi connectivity index (χ0n) is 12.8. The monoisotopic (exact) mass is 295 g/mol. The van der Waals surface area contributed by atoms with Crippen LogP contribution in [0.2, 0.25) is 0 Å². The Labute approximate surface area is 129 Å². The van der Waals surface area contributed by atoms with E-state index >= 15 is 0 Å². The van der Waals surface area contributed by atoms with Crippen LogP contribution < -0.4 is 9.47 Å². The van der Waals surface area contributed by atoms with Gasteiger partial charge in [0, 0.05) is 5.56 Å². The summed E-state index contributed by atoms with van der Waals surface area (Å²) in [5, 5.41) is 0. The van der Waals surface area contributed by atoms with Gasteiger partial charge in [-0.15, -0.1) is 0 Å². The van der Waals surface area contributed by atoms with Crippen molar-refractivity contribution in [1.29, 1.82) is 0 Å². The molecule has 1 saturated heterocycles. The minimum Gasteiger partial charge on any atom is -0.497 e. The molecule has 2 bridgehead atoms. The Morgan fingerprint density at radius 3 is 2.86 bits per heavy atom. The van der Waals surface area contributed by atoms with Gasteiger partial charge in [-0.05, 0) is 36.7 Å². The highest BCUT2D eigenvalue weighted by Gasteiger charge is 2.83. The number of fused-ring (bicyclic) bond motifs is 1. The van der Waals surface area contributed by atoms with Crippen molar-refractivity contribution in [3.63, 3.8) is 0 Å². The van der Waals surface area contributed by atoms with Crippen molar-refractivity contribution in [2.45, 2.75) is 29.5 Å². The fraction of sp³-hybridized carbons (Fsp3) is 0.444. The quantitative estimate of drug-likeness (QED) is 0.782. The predicted octanol–water partition coefficient (Wildman–Crippen LogP) is 2.09. The zero-order valence-corrected chi connectivity index (χ0v) is 12.8. The van der Waals surface area contributed by atoms with Crippen LogP contribution in [0.5, 0.6) is 11.5 Å². The molecule has 1 aromatic rings. The number of likely N-dealkylation sites (tertiary alicyclic amines) is 1. The lowest BCUT2D eigenvalue weighted by atomic mass is 9.69. The summed E-state index contributed by atoms with van der Waals surface area (Å²) in [4.78, 5) is 2.51. The Kier molecular flexibility index (Phi) is 1.61.